The van der Waals surface area contributed by atoms with Crippen LogP contribution in [0.15, 0.2) is 53.5 Å². The largest absolute Gasteiger partial charge is 0.507 e. The summed E-state index contributed by atoms with van der Waals surface area (Å²) < 4.78 is 0. The van der Waals surface area contributed by atoms with Crippen LogP contribution in [0.4, 0.5) is 5.69 Å². The van der Waals surface area contributed by atoms with Crippen LogP contribution < -0.4 is 0 Å². The average molecular weight is 232 g/mol. The molecule has 0 amide bonds. The van der Waals surface area contributed by atoms with E-state index in [0.717, 1.165) is 0 Å². The molecule has 0 aliphatic rings. The van der Waals surface area contributed by atoms with Gasteiger partial charge in [0.05, 0.1) is 10.7 Å². The van der Waals surface area contributed by atoms with Gasteiger partial charge in [0, 0.05) is 11.8 Å². The molecule has 0 fully saturated rings. The molecule has 0 unspecified atom stereocenters. The topological polar surface area (TPSA) is 32.6 Å². The van der Waals surface area contributed by atoms with Gasteiger partial charge in [-0.15, -0.1) is 0 Å². The molecule has 0 aromatic heterocycles. The Morgan fingerprint density at radius 2 is 1.69 bits per heavy atom. The van der Waals surface area contributed by atoms with Crippen LogP contribution in [-0.4, -0.2) is 11.3 Å². The van der Waals surface area contributed by atoms with E-state index in [1.807, 2.05) is 24.3 Å². The molecule has 0 saturated heterocycles. The summed E-state index contributed by atoms with van der Waals surface area (Å²) >= 11 is 5.95. The highest BCUT2D eigenvalue weighted by Gasteiger charge is 1.97. The number of hydrogen-bond donors (Lipinski definition) is 1. The number of para-hydroxylation sites is 2. The van der Waals surface area contributed by atoms with Crippen LogP contribution in [0.3, 0.4) is 0 Å². The minimum absolute atomic E-state index is 0.207. The number of aliphatic imine (C=N–C) groups is 1. The quantitative estimate of drug-likeness (QED) is 0.784. The molecule has 2 nitrogen and oxygen atoms in total. The van der Waals surface area contributed by atoms with Crippen molar-refractivity contribution in [3.8, 4) is 5.75 Å². The second-order valence-electron chi connectivity index (χ2n) is 3.27. The van der Waals surface area contributed by atoms with Gasteiger partial charge >= 0.3 is 0 Å². The van der Waals surface area contributed by atoms with Gasteiger partial charge in [0.2, 0.25) is 0 Å². The van der Waals surface area contributed by atoms with Crippen molar-refractivity contribution in [3.05, 3.63) is 59.1 Å². The number of phenolic OH excluding ortho intramolecular Hbond substituents is 1. The molecule has 16 heavy (non-hydrogen) atoms. The van der Waals surface area contributed by atoms with Crippen molar-refractivity contribution in [2.75, 3.05) is 0 Å². The standard InChI is InChI=1S/C13H10ClNO/c14-11-6-2-3-7-12(11)15-9-10-5-1-4-8-13(10)16/h1-9,16H/b15-9+. The summed E-state index contributed by atoms with van der Waals surface area (Å²) in [5, 5.41) is 10.1. The zero-order valence-electron chi connectivity index (χ0n) is 8.47. The number of rotatable bonds is 2. The molecule has 0 bridgehead atoms. The third-order valence-corrected chi connectivity index (χ3v) is 2.45. The fourth-order valence-corrected chi connectivity index (χ4v) is 1.48. The zero-order chi connectivity index (χ0) is 11.4. The molecule has 0 aliphatic carbocycles. The number of phenols is 1. The molecule has 2 aromatic rings. The monoisotopic (exact) mass is 231 g/mol. The van der Waals surface area contributed by atoms with E-state index in [0.29, 0.717) is 16.3 Å². The van der Waals surface area contributed by atoms with Gasteiger partial charge in [-0.1, -0.05) is 35.9 Å². The second-order valence-corrected chi connectivity index (χ2v) is 3.68. The van der Waals surface area contributed by atoms with E-state index >= 15 is 0 Å². The van der Waals surface area contributed by atoms with Crippen molar-refractivity contribution in [3.63, 3.8) is 0 Å². The van der Waals surface area contributed by atoms with E-state index in [4.69, 9.17) is 11.6 Å². The Bertz CT molecular complexity index is 475. The van der Waals surface area contributed by atoms with Crippen molar-refractivity contribution in [1.29, 1.82) is 0 Å². The van der Waals surface area contributed by atoms with Gasteiger partial charge in [-0.2, -0.15) is 0 Å². The van der Waals surface area contributed by atoms with Crippen molar-refractivity contribution in [1.82, 2.24) is 0 Å². The van der Waals surface area contributed by atoms with E-state index in [1.165, 1.54) is 0 Å². The van der Waals surface area contributed by atoms with Crippen molar-refractivity contribution < 1.29 is 5.11 Å². The molecule has 0 atom stereocenters. The van der Waals surface area contributed by atoms with Crippen molar-refractivity contribution in [2.24, 2.45) is 4.99 Å². The van der Waals surface area contributed by atoms with Gasteiger partial charge < -0.3 is 5.11 Å². The number of benzene rings is 2. The summed E-state index contributed by atoms with van der Waals surface area (Å²) in [6.07, 6.45) is 1.59. The lowest BCUT2D eigenvalue weighted by Gasteiger charge is -1.98. The van der Waals surface area contributed by atoms with Gasteiger partial charge in [-0.05, 0) is 24.3 Å². The molecule has 1 N–H and O–H groups in total. The van der Waals surface area contributed by atoms with Crippen LogP contribution in [-0.2, 0) is 0 Å². The lowest BCUT2D eigenvalue weighted by molar-refractivity contribution is 0.474. The first-order valence-corrected chi connectivity index (χ1v) is 5.22. The summed E-state index contributed by atoms with van der Waals surface area (Å²) in [6, 6.07) is 14.3. The highest BCUT2D eigenvalue weighted by Crippen LogP contribution is 2.24. The van der Waals surface area contributed by atoms with E-state index in [1.54, 1.807) is 30.5 Å². The maximum Gasteiger partial charge on any atom is 0.124 e. The van der Waals surface area contributed by atoms with Gasteiger partial charge in [0.15, 0.2) is 0 Å². The maximum atomic E-state index is 9.53. The van der Waals surface area contributed by atoms with Crippen LogP contribution in [0.25, 0.3) is 0 Å². The highest BCUT2D eigenvalue weighted by molar-refractivity contribution is 6.33. The lowest BCUT2D eigenvalue weighted by Crippen LogP contribution is -1.80. The van der Waals surface area contributed by atoms with Crippen LogP contribution in [0.1, 0.15) is 5.56 Å². The molecule has 0 saturated carbocycles. The first kappa shape index (κ1) is 10.7. The van der Waals surface area contributed by atoms with E-state index in [2.05, 4.69) is 4.99 Å². The molecule has 0 heterocycles. The second kappa shape index (κ2) is 4.81. The summed E-state index contributed by atoms with van der Waals surface area (Å²) in [5.41, 5.74) is 1.36. The Morgan fingerprint density at radius 3 is 2.44 bits per heavy atom. The fraction of sp³-hybridized carbons (Fsp3) is 0. The van der Waals surface area contributed by atoms with E-state index in [9.17, 15) is 5.11 Å². The maximum absolute atomic E-state index is 9.53. The first-order valence-electron chi connectivity index (χ1n) is 4.84. The van der Waals surface area contributed by atoms with Gasteiger partial charge in [0.1, 0.15) is 5.75 Å². The minimum Gasteiger partial charge on any atom is -0.507 e. The fourth-order valence-electron chi connectivity index (χ4n) is 1.29. The normalized spacial score (nSPS) is 10.8. The van der Waals surface area contributed by atoms with Crippen LogP contribution >= 0.6 is 11.6 Å². The van der Waals surface area contributed by atoms with E-state index < -0.39 is 0 Å². The predicted octanol–water partition coefficient (Wildman–Crippen LogP) is 3.80. The molecule has 3 heteroatoms. The van der Waals surface area contributed by atoms with Gasteiger partial charge in [-0.3, -0.25) is 4.99 Å². The van der Waals surface area contributed by atoms with Crippen LogP contribution in [0, 0.1) is 0 Å². The molecule has 0 radical (unpaired) electrons. The molecule has 0 spiro atoms. The molecule has 80 valence electrons. The summed E-state index contributed by atoms with van der Waals surface area (Å²) in [6.45, 7) is 0. The summed E-state index contributed by atoms with van der Waals surface area (Å²) in [7, 11) is 0. The number of nitrogens with zero attached hydrogens (tertiary/aromatic N) is 1. The molecular weight excluding hydrogens is 222 g/mol. The first-order chi connectivity index (χ1) is 7.77. The molecular formula is C13H10ClNO. The number of halogens is 1. The Balaban J connectivity index is 2.29. The highest BCUT2D eigenvalue weighted by atomic mass is 35.5. The minimum atomic E-state index is 0.207. The Kier molecular flexibility index (Phi) is 3.22. The van der Waals surface area contributed by atoms with Crippen LogP contribution in [0.5, 0.6) is 5.75 Å². The molecule has 0 aliphatic heterocycles. The van der Waals surface area contributed by atoms with E-state index in [-0.39, 0.29) is 5.75 Å². The smallest absolute Gasteiger partial charge is 0.124 e. The predicted molar refractivity (Wildman–Crippen MR) is 66.8 cm³/mol. The molecule has 2 aromatic carbocycles. The van der Waals surface area contributed by atoms with Crippen LogP contribution in [0.2, 0.25) is 5.02 Å². The van der Waals surface area contributed by atoms with Crippen molar-refractivity contribution in [2.45, 2.75) is 0 Å². The zero-order valence-corrected chi connectivity index (χ0v) is 9.22. The average Bonchev–Trinajstić information content (AvgIpc) is 2.30. The van der Waals surface area contributed by atoms with Crippen molar-refractivity contribution >= 4 is 23.5 Å². The number of aromatic hydroxyl groups is 1. The molecule has 2 rings (SSSR count). The SMILES string of the molecule is Oc1ccccc1/C=N/c1ccccc1Cl. The third kappa shape index (κ3) is 2.41. The summed E-state index contributed by atoms with van der Waals surface area (Å²) in [5.74, 6) is 0.207. The van der Waals surface area contributed by atoms with Gasteiger partial charge in [-0.25, -0.2) is 0 Å². The Morgan fingerprint density at radius 1 is 1.00 bits per heavy atom. The summed E-state index contributed by atoms with van der Waals surface area (Å²) in [4.78, 5) is 4.22. The Labute approximate surface area is 98.8 Å². The Hall–Kier alpha value is -1.80. The van der Waals surface area contributed by atoms with Gasteiger partial charge in [0.25, 0.3) is 0 Å². The number of hydrogen-bond acceptors (Lipinski definition) is 2. The lowest BCUT2D eigenvalue weighted by atomic mass is 10.2. The third-order valence-electron chi connectivity index (χ3n) is 2.13.